The van der Waals surface area contributed by atoms with Crippen molar-refractivity contribution in [2.24, 2.45) is 0 Å². The van der Waals surface area contributed by atoms with Crippen LogP contribution in [0.4, 0.5) is 0 Å². The predicted octanol–water partition coefficient (Wildman–Crippen LogP) is 0.703. The predicted molar refractivity (Wildman–Crippen MR) is 73.3 cm³/mol. The molecule has 0 spiro atoms. The lowest BCUT2D eigenvalue weighted by molar-refractivity contribution is -0.129. The van der Waals surface area contributed by atoms with Crippen molar-refractivity contribution in [3.05, 3.63) is 0 Å². The summed E-state index contributed by atoms with van der Waals surface area (Å²) in [7, 11) is 4.02. The van der Waals surface area contributed by atoms with E-state index in [4.69, 9.17) is 0 Å². The molecule has 0 aromatic rings. The average molecular weight is 257 g/mol. The van der Waals surface area contributed by atoms with Gasteiger partial charge in [-0.1, -0.05) is 6.92 Å². The average Bonchev–Trinajstić information content (AvgIpc) is 2.29. The highest BCUT2D eigenvalue weighted by atomic mass is 16.2. The number of amides is 2. The molecule has 1 N–H and O–H groups in total. The number of hydrogen-bond donors (Lipinski definition) is 1. The van der Waals surface area contributed by atoms with Gasteiger partial charge in [0, 0.05) is 33.0 Å². The summed E-state index contributed by atoms with van der Waals surface area (Å²) in [4.78, 5) is 26.7. The highest BCUT2D eigenvalue weighted by molar-refractivity contribution is 5.77. The number of rotatable bonds is 9. The minimum atomic E-state index is 0.0238. The van der Waals surface area contributed by atoms with Crippen LogP contribution in [0, 0.1) is 0 Å². The van der Waals surface area contributed by atoms with Crippen LogP contribution in [0.1, 0.15) is 33.1 Å². The second kappa shape index (κ2) is 9.88. The van der Waals surface area contributed by atoms with E-state index in [0.717, 1.165) is 19.4 Å². The molecule has 0 saturated carbocycles. The molecule has 0 aromatic carbocycles. The Kier molecular flexibility index (Phi) is 9.28. The van der Waals surface area contributed by atoms with Gasteiger partial charge in [-0.2, -0.15) is 0 Å². The van der Waals surface area contributed by atoms with E-state index >= 15 is 0 Å². The molecule has 2 amide bonds. The number of nitrogens with zero attached hydrogens (tertiary/aromatic N) is 2. The van der Waals surface area contributed by atoms with Crippen molar-refractivity contribution in [1.29, 1.82) is 0 Å². The van der Waals surface area contributed by atoms with E-state index in [1.54, 1.807) is 11.8 Å². The van der Waals surface area contributed by atoms with Crippen molar-refractivity contribution in [2.75, 3.05) is 40.3 Å². The zero-order valence-electron chi connectivity index (χ0n) is 12.2. The van der Waals surface area contributed by atoms with E-state index in [9.17, 15) is 9.59 Å². The fourth-order valence-electron chi connectivity index (χ4n) is 1.59. The Bertz CT molecular complexity index is 255. The molecule has 0 aliphatic carbocycles. The largest absolute Gasteiger partial charge is 0.356 e. The van der Waals surface area contributed by atoms with Gasteiger partial charge in [0.25, 0.3) is 0 Å². The molecule has 0 aliphatic rings. The Balaban J connectivity index is 3.89. The summed E-state index contributed by atoms with van der Waals surface area (Å²) in [6, 6.07) is 0. The van der Waals surface area contributed by atoms with Crippen molar-refractivity contribution in [1.82, 2.24) is 15.1 Å². The molecule has 0 fully saturated rings. The molecule has 5 nitrogen and oxygen atoms in total. The minimum Gasteiger partial charge on any atom is -0.356 e. The Morgan fingerprint density at radius 3 is 2.28 bits per heavy atom. The Morgan fingerprint density at radius 2 is 1.78 bits per heavy atom. The molecule has 106 valence electrons. The molecule has 5 heteroatoms. The van der Waals surface area contributed by atoms with Crippen LogP contribution in [0.25, 0.3) is 0 Å². The smallest absolute Gasteiger partial charge is 0.221 e. The van der Waals surface area contributed by atoms with E-state index in [-0.39, 0.29) is 11.8 Å². The lowest BCUT2D eigenvalue weighted by Crippen LogP contribution is -2.35. The van der Waals surface area contributed by atoms with Crippen molar-refractivity contribution in [3.63, 3.8) is 0 Å². The van der Waals surface area contributed by atoms with E-state index in [1.165, 1.54) is 0 Å². The lowest BCUT2D eigenvalue weighted by atomic mass is 10.3. The molecule has 0 bridgehead atoms. The summed E-state index contributed by atoms with van der Waals surface area (Å²) in [5.74, 6) is 0.0627. The molecule has 0 radical (unpaired) electrons. The lowest BCUT2D eigenvalue weighted by Gasteiger charge is -2.21. The van der Waals surface area contributed by atoms with Crippen molar-refractivity contribution in [3.8, 4) is 0 Å². The van der Waals surface area contributed by atoms with Gasteiger partial charge in [0.15, 0.2) is 0 Å². The van der Waals surface area contributed by atoms with Gasteiger partial charge in [0.2, 0.25) is 11.8 Å². The van der Waals surface area contributed by atoms with Gasteiger partial charge in [0.1, 0.15) is 0 Å². The van der Waals surface area contributed by atoms with E-state index in [1.807, 2.05) is 21.0 Å². The molecular weight excluding hydrogens is 230 g/mol. The number of carbonyl (C=O) groups is 2. The normalized spacial score (nSPS) is 10.5. The van der Waals surface area contributed by atoms with Gasteiger partial charge in [0.05, 0.1) is 0 Å². The summed E-state index contributed by atoms with van der Waals surface area (Å²) in [6.07, 6.45) is 2.26. The van der Waals surface area contributed by atoms with Gasteiger partial charge >= 0.3 is 0 Å². The highest BCUT2D eigenvalue weighted by Gasteiger charge is 2.10. The van der Waals surface area contributed by atoms with Crippen LogP contribution in [0.2, 0.25) is 0 Å². The van der Waals surface area contributed by atoms with Crippen LogP contribution in [0.3, 0.4) is 0 Å². The first-order chi connectivity index (χ1) is 8.47. The van der Waals surface area contributed by atoms with E-state index < -0.39 is 0 Å². The minimum absolute atomic E-state index is 0.0238. The molecule has 0 aromatic heterocycles. The second-order valence-corrected chi connectivity index (χ2v) is 4.76. The molecular formula is C13H27N3O2. The summed E-state index contributed by atoms with van der Waals surface area (Å²) in [5, 5.41) is 2.82. The van der Waals surface area contributed by atoms with Crippen LogP contribution in [0.5, 0.6) is 0 Å². The Labute approximate surface area is 111 Å². The summed E-state index contributed by atoms with van der Waals surface area (Å²) in [6.45, 7) is 6.46. The van der Waals surface area contributed by atoms with Crippen LogP contribution < -0.4 is 5.32 Å². The topological polar surface area (TPSA) is 52.7 Å². The summed E-state index contributed by atoms with van der Waals surface area (Å²) in [5.41, 5.74) is 0. The summed E-state index contributed by atoms with van der Waals surface area (Å²) < 4.78 is 0. The number of carbonyl (C=O) groups excluding carboxylic acids is 2. The van der Waals surface area contributed by atoms with E-state index in [2.05, 4.69) is 10.2 Å². The maximum atomic E-state index is 11.5. The monoisotopic (exact) mass is 257 g/mol. The van der Waals surface area contributed by atoms with Crippen molar-refractivity contribution < 1.29 is 9.59 Å². The SMILES string of the molecule is CCCNC(=O)CCN(CCCN(C)C)C(C)=O. The molecule has 0 saturated heterocycles. The maximum Gasteiger partial charge on any atom is 0.221 e. The quantitative estimate of drug-likeness (QED) is 0.661. The Morgan fingerprint density at radius 1 is 1.11 bits per heavy atom. The van der Waals surface area contributed by atoms with Crippen LogP contribution in [-0.2, 0) is 9.59 Å². The van der Waals surface area contributed by atoms with Gasteiger partial charge in [-0.15, -0.1) is 0 Å². The zero-order valence-corrected chi connectivity index (χ0v) is 12.2. The van der Waals surface area contributed by atoms with Gasteiger partial charge in [-0.05, 0) is 33.5 Å². The first-order valence-electron chi connectivity index (χ1n) is 6.64. The molecule has 0 aliphatic heterocycles. The van der Waals surface area contributed by atoms with Crippen LogP contribution >= 0.6 is 0 Å². The Hall–Kier alpha value is -1.10. The molecule has 0 heterocycles. The fourth-order valence-corrected chi connectivity index (χ4v) is 1.59. The highest BCUT2D eigenvalue weighted by Crippen LogP contribution is 1.96. The third kappa shape index (κ3) is 8.98. The standard InChI is InChI=1S/C13H27N3O2/c1-5-8-14-13(18)7-11-16(12(2)17)10-6-9-15(3)4/h5-11H2,1-4H3,(H,14,18). The fraction of sp³-hybridized carbons (Fsp3) is 0.846. The van der Waals surface area contributed by atoms with Gasteiger partial charge < -0.3 is 15.1 Å². The van der Waals surface area contributed by atoms with Crippen molar-refractivity contribution >= 4 is 11.8 Å². The van der Waals surface area contributed by atoms with Gasteiger partial charge in [-0.25, -0.2) is 0 Å². The first kappa shape index (κ1) is 16.9. The van der Waals surface area contributed by atoms with Crippen molar-refractivity contribution in [2.45, 2.75) is 33.1 Å². The third-order valence-electron chi connectivity index (χ3n) is 2.66. The first-order valence-corrected chi connectivity index (χ1v) is 6.64. The third-order valence-corrected chi connectivity index (χ3v) is 2.66. The second-order valence-electron chi connectivity index (χ2n) is 4.76. The molecule has 0 rings (SSSR count). The molecule has 0 unspecified atom stereocenters. The number of hydrogen-bond acceptors (Lipinski definition) is 3. The zero-order chi connectivity index (χ0) is 14.0. The maximum absolute atomic E-state index is 11.5. The molecule has 0 atom stereocenters. The summed E-state index contributed by atoms with van der Waals surface area (Å²) >= 11 is 0. The van der Waals surface area contributed by atoms with E-state index in [0.29, 0.717) is 26.1 Å². The van der Waals surface area contributed by atoms with Gasteiger partial charge in [-0.3, -0.25) is 9.59 Å². The van der Waals surface area contributed by atoms with Crippen LogP contribution in [-0.4, -0.2) is 61.9 Å². The molecule has 18 heavy (non-hydrogen) atoms. The number of nitrogens with one attached hydrogen (secondary N) is 1. The van der Waals surface area contributed by atoms with Crippen LogP contribution in [0.15, 0.2) is 0 Å².